The average molecular weight is 512 g/mol. The molecule has 1 unspecified atom stereocenters. The Kier molecular flexibility index (Phi) is 7.19. The number of benzene rings is 1. The van der Waals surface area contributed by atoms with Gasteiger partial charge in [-0.3, -0.25) is 14.5 Å². The number of amides is 2. The molecule has 2 fully saturated rings. The van der Waals surface area contributed by atoms with Crippen molar-refractivity contribution in [1.82, 2.24) is 10.2 Å². The lowest BCUT2D eigenvalue weighted by Crippen LogP contribution is -2.55. The van der Waals surface area contributed by atoms with Crippen molar-refractivity contribution in [2.24, 2.45) is 5.92 Å². The van der Waals surface area contributed by atoms with E-state index in [0.29, 0.717) is 16.0 Å². The van der Waals surface area contributed by atoms with Crippen molar-refractivity contribution in [1.29, 1.82) is 5.26 Å². The number of ketones is 1. The number of carbonyl (C=O) groups excluding carboxylic acids is 3. The van der Waals surface area contributed by atoms with Gasteiger partial charge in [-0.15, -0.1) is 11.3 Å². The van der Waals surface area contributed by atoms with Crippen molar-refractivity contribution in [2.45, 2.75) is 77.1 Å². The zero-order valence-corrected chi connectivity index (χ0v) is 21.7. The first kappa shape index (κ1) is 25.8. The number of nitrogens with zero attached hydrogens (tertiary/aromatic N) is 2. The molecule has 9 heteroatoms. The number of ether oxygens (including phenoxy) is 1. The molecule has 0 radical (unpaired) electrons. The van der Waals surface area contributed by atoms with Crippen LogP contribution in [0.3, 0.4) is 0 Å². The van der Waals surface area contributed by atoms with Crippen LogP contribution in [0.15, 0.2) is 30.3 Å². The van der Waals surface area contributed by atoms with Gasteiger partial charge in [0, 0.05) is 17.3 Å². The molecular weight excluding hydrogens is 481 g/mol. The first-order valence-electron chi connectivity index (χ1n) is 12.1. The van der Waals surface area contributed by atoms with Crippen LogP contribution in [-0.2, 0) is 16.0 Å². The van der Waals surface area contributed by atoms with Crippen LogP contribution in [0.2, 0.25) is 0 Å². The molecule has 190 valence electrons. The summed E-state index contributed by atoms with van der Waals surface area (Å²) < 4.78 is 20.5. The Balaban J connectivity index is 1.45. The number of carbonyl (C=O) groups is 3. The summed E-state index contributed by atoms with van der Waals surface area (Å²) in [5, 5.41) is 12.4. The Morgan fingerprint density at radius 2 is 2.00 bits per heavy atom. The third-order valence-corrected chi connectivity index (χ3v) is 7.88. The standard InChI is InChI=1S/C27H30FN3O4S/c1-15(32)22-9-10-23(36-22)17-6-5-16(21(28)13-17)11-19(14-29)30-25(33)24-18-7-8-20(12-18)31(24)26(34)35-27(2,3)4/h5-6,9-10,13,18-20,24H,7-8,11-12H2,1-4H3,(H,30,33)/t18-,19?,20+,24-/m0/s1. The summed E-state index contributed by atoms with van der Waals surface area (Å²) in [6.45, 7) is 6.82. The van der Waals surface area contributed by atoms with Crippen molar-refractivity contribution in [3.8, 4) is 16.5 Å². The molecule has 1 aromatic carbocycles. The third-order valence-electron chi connectivity index (χ3n) is 6.64. The van der Waals surface area contributed by atoms with E-state index in [9.17, 15) is 24.0 Å². The lowest BCUT2D eigenvalue weighted by molar-refractivity contribution is -0.128. The van der Waals surface area contributed by atoms with E-state index in [1.165, 1.54) is 29.2 Å². The third kappa shape index (κ3) is 5.44. The minimum Gasteiger partial charge on any atom is -0.444 e. The molecule has 0 spiro atoms. The zero-order chi connectivity index (χ0) is 26.2. The van der Waals surface area contributed by atoms with Gasteiger partial charge in [0.1, 0.15) is 23.5 Å². The Morgan fingerprint density at radius 3 is 2.61 bits per heavy atom. The van der Waals surface area contributed by atoms with Crippen LogP contribution in [0, 0.1) is 23.1 Å². The van der Waals surface area contributed by atoms with Crippen molar-refractivity contribution < 1.29 is 23.5 Å². The molecular formula is C27H30FN3O4S. The SMILES string of the molecule is CC(=O)c1ccc(-c2ccc(CC(C#N)NC(=O)[C@@H]3[C@H]4CC[C@H](C4)N3C(=O)OC(C)(C)C)c(F)c2)s1. The normalized spacial score (nSPS) is 21.7. The summed E-state index contributed by atoms with van der Waals surface area (Å²) >= 11 is 1.29. The van der Waals surface area contributed by atoms with Gasteiger partial charge in [0.2, 0.25) is 5.91 Å². The molecule has 1 saturated carbocycles. The minimum atomic E-state index is -0.955. The van der Waals surface area contributed by atoms with Crippen LogP contribution in [0.1, 0.15) is 62.2 Å². The summed E-state index contributed by atoms with van der Waals surface area (Å²) in [5.41, 5.74) is 0.252. The van der Waals surface area contributed by atoms with Gasteiger partial charge in [-0.2, -0.15) is 5.26 Å². The Hall–Kier alpha value is -3.25. The number of thiophene rings is 1. The van der Waals surface area contributed by atoms with Crippen molar-refractivity contribution in [3.05, 3.63) is 46.6 Å². The van der Waals surface area contributed by atoms with Crippen LogP contribution in [0.4, 0.5) is 9.18 Å². The number of Topliss-reactive ketones (excluding diaryl/α,β-unsaturated/α-hetero) is 1. The number of fused-ring (bicyclic) bond motifs is 2. The smallest absolute Gasteiger partial charge is 0.411 e. The van der Waals surface area contributed by atoms with Gasteiger partial charge < -0.3 is 10.1 Å². The molecule has 36 heavy (non-hydrogen) atoms. The van der Waals surface area contributed by atoms with E-state index in [2.05, 4.69) is 11.4 Å². The van der Waals surface area contributed by atoms with Crippen LogP contribution < -0.4 is 5.32 Å². The van der Waals surface area contributed by atoms with Gasteiger partial charge in [-0.25, -0.2) is 9.18 Å². The van der Waals surface area contributed by atoms with Crippen LogP contribution in [-0.4, -0.2) is 46.4 Å². The molecule has 1 saturated heterocycles. The minimum absolute atomic E-state index is 0.00918. The molecule has 2 aliphatic rings. The number of nitriles is 1. The summed E-state index contributed by atoms with van der Waals surface area (Å²) in [7, 11) is 0. The van der Waals surface area contributed by atoms with E-state index in [1.54, 1.807) is 45.0 Å². The molecule has 2 aromatic rings. The number of rotatable bonds is 6. The second kappa shape index (κ2) is 10.0. The second-order valence-corrected chi connectivity index (χ2v) is 11.6. The van der Waals surface area contributed by atoms with E-state index in [-0.39, 0.29) is 24.2 Å². The molecule has 1 N–H and O–H groups in total. The van der Waals surface area contributed by atoms with Gasteiger partial charge in [0.05, 0.1) is 10.9 Å². The highest BCUT2D eigenvalue weighted by Crippen LogP contribution is 2.43. The van der Waals surface area contributed by atoms with Crippen LogP contribution >= 0.6 is 11.3 Å². The van der Waals surface area contributed by atoms with E-state index in [0.717, 1.165) is 24.1 Å². The maximum Gasteiger partial charge on any atom is 0.411 e. The molecule has 2 amide bonds. The van der Waals surface area contributed by atoms with E-state index in [1.807, 2.05) is 0 Å². The number of hydrogen-bond donors (Lipinski definition) is 1. The van der Waals surface area contributed by atoms with Gasteiger partial charge in [-0.05, 0) is 82.2 Å². The summed E-state index contributed by atoms with van der Waals surface area (Å²) in [5.74, 6) is -0.928. The highest BCUT2D eigenvalue weighted by Gasteiger charge is 2.52. The van der Waals surface area contributed by atoms with Gasteiger partial charge in [0.15, 0.2) is 5.78 Å². The Morgan fingerprint density at radius 1 is 1.25 bits per heavy atom. The van der Waals surface area contributed by atoms with Crippen LogP contribution in [0.5, 0.6) is 0 Å². The summed E-state index contributed by atoms with van der Waals surface area (Å²) in [6.07, 6.45) is 1.87. The molecule has 2 heterocycles. The average Bonchev–Trinajstić information content (AvgIpc) is 3.54. The van der Waals surface area contributed by atoms with E-state index < -0.39 is 35.5 Å². The molecule has 4 atom stereocenters. The van der Waals surface area contributed by atoms with Crippen LogP contribution in [0.25, 0.3) is 10.4 Å². The monoisotopic (exact) mass is 511 g/mol. The highest BCUT2D eigenvalue weighted by molar-refractivity contribution is 7.17. The predicted octanol–water partition coefficient (Wildman–Crippen LogP) is 5.10. The number of piperidine rings is 1. The summed E-state index contributed by atoms with van der Waals surface area (Å²) in [6, 6.07) is 8.55. The highest BCUT2D eigenvalue weighted by atomic mass is 32.1. The fraction of sp³-hybridized carbons (Fsp3) is 0.481. The van der Waals surface area contributed by atoms with Gasteiger partial charge in [-0.1, -0.05) is 12.1 Å². The van der Waals surface area contributed by atoms with E-state index >= 15 is 0 Å². The fourth-order valence-electron chi connectivity index (χ4n) is 5.06. The van der Waals surface area contributed by atoms with Gasteiger partial charge in [0.25, 0.3) is 0 Å². The number of halogens is 1. The topological polar surface area (TPSA) is 99.5 Å². The van der Waals surface area contributed by atoms with Gasteiger partial charge >= 0.3 is 6.09 Å². The quantitative estimate of drug-likeness (QED) is 0.544. The first-order valence-corrected chi connectivity index (χ1v) is 12.9. The number of likely N-dealkylation sites (tertiary alicyclic amines) is 1. The maximum atomic E-state index is 14.9. The largest absolute Gasteiger partial charge is 0.444 e. The molecule has 2 bridgehead atoms. The molecule has 1 aromatic heterocycles. The predicted molar refractivity (Wildman–Crippen MR) is 134 cm³/mol. The fourth-order valence-corrected chi connectivity index (χ4v) is 5.95. The molecule has 4 rings (SSSR count). The molecule has 7 nitrogen and oxygen atoms in total. The maximum absolute atomic E-state index is 14.9. The Bertz CT molecular complexity index is 1230. The summed E-state index contributed by atoms with van der Waals surface area (Å²) in [4.78, 5) is 40.5. The molecule has 1 aliphatic heterocycles. The van der Waals surface area contributed by atoms with Crippen molar-refractivity contribution >= 4 is 29.1 Å². The Labute approximate surface area is 214 Å². The number of hydrogen-bond acceptors (Lipinski definition) is 6. The molecule has 1 aliphatic carbocycles. The zero-order valence-electron chi connectivity index (χ0n) is 20.8. The first-order chi connectivity index (χ1) is 17.0. The van der Waals surface area contributed by atoms with Crippen molar-refractivity contribution in [2.75, 3.05) is 0 Å². The van der Waals surface area contributed by atoms with E-state index in [4.69, 9.17) is 4.74 Å². The number of nitrogens with one attached hydrogen (secondary N) is 1. The lowest BCUT2D eigenvalue weighted by atomic mass is 9.97. The second-order valence-electron chi connectivity index (χ2n) is 10.5. The lowest BCUT2D eigenvalue weighted by Gasteiger charge is -2.35. The van der Waals surface area contributed by atoms with Crippen molar-refractivity contribution in [3.63, 3.8) is 0 Å².